The molecule has 0 N–H and O–H groups in total. The summed E-state index contributed by atoms with van der Waals surface area (Å²) in [5.74, 6) is 0. The predicted molar refractivity (Wildman–Crippen MR) is 549 cm³/mol. The zero-order valence-electron chi connectivity index (χ0n) is 73.7. The summed E-state index contributed by atoms with van der Waals surface area (Å²) in [6.45, 7) is 14.9. The average molecular weight is 1630 g/mol. The molecule has 0 aliphatic carbocycles. The van der Waals surface area contributed by atoms with Crippen molar-refractivity contribution >= 4 is 0 Å². The van der Waals surface area contributed by atoms with E-state index in [4.69, 9.17) is 0 Å². The molecule has 0 unspecified atom stereocenters. The minimum atomic E-state index is 1.24. The predicted octanol–water partition coefficient (Wildman–Crippen LogP) is 35.6. The van der Waals surface area contributed by atoms with E-state index in [1.807, 2.05) is 36.4 Å². The fourth-order valence-corrected chi connectivity index (χ4v) is 15.4. The highest BCUT2D eigenvalue weighted by Gasteiger charge is 2.11. The Hall–Kier alpha value is -15.6. The molecule has 0 aromatic heterocycles. The topological polar surface area (TPSA) is 0 Å². The molecule has 0 heteroatoms. The summed E-state index contributed by atoms with van der Waals surface area (Å²) >= 11 is 0. The van der Waals surface area contributed by atoms with Crippen LogP contribution in [0.4, 0.5) is 0 Å². The van der Waals surface area contributed by atoms with Gasteiger partial charge in [0.05, 0.1) is 0 Å². The molecule has 0 amide bonds. The lowest BCUT2D eigenvalue weighted by molar-refractivity contribution is 1.46. The number of rotatable bonds is 13. The molecule has 0 spiro atoms. The van der Waals surface area contributed by atoms with Crippen molar-refractivity contribution in [3.05, 3.63) is 567 Å². The van der Waals surface area contributed by atoms with Crippen LogP contribution in [0.1, 0.15) is 38.9 Å². The summed E-state index contributed by atoms with van der Waals surface area (Å²) in [7, 11) is 0. The van der Waals surface area contributed by atoms with Crippen molar-refractivity contribution in [3.8, 4) is 145 Å². The molecule has 616 valence electrons. The fourth-order valence-electron chi connectivity index (χ4n) is 15.4. The van der Waals surface area contributed by atoms with Gasteiger partial charge in [-0.15, -0.1) is 0 Å². The van der Waals surface area contributed by atoms with Crippen LogP contribution in [0.3, 0.4) is 0 Å². The average Bonchev–Trinajstić information content (AvgIpc) is 0.812. The van der Waals surface area contributed by atoms with Crippen LogP contribution in [0.25, 0.3) is 145 Å². The lowest BCUT2D eigenvalue weighted by Crippen LogP contribution is -1.86. The van der Waals surface area contributed by atoms with Gasteiger partial charge in [0, 0.05) is 0 Å². The van der Waals surface area contributed by atoms with E-state index in [2.05, 4.69) is 540 Å². The van der Waals surface area contributed by atoms with E-state index in [9.17, 15) is 0 Å². The zero-order valence-corrected chi connectivity index (χ0v) is 73.7. The van der Waals surface area contributed by atoms with Gasteiger partial charge in [-0.05, 0) is 247 Å². The molecule has 0 bridgehead atoms. The first kappa shape index (κ1) is 87.7. The maximum absolute atomic E-state index is 2.31. The lowest BCUT2D eigenvalue weighted by atomic mass is 9.93. The molecule has 0 saturated heterocycles. The van der Waals surface area contributed by atoms with E-state index in [0.717, 1.165) is 0 Å². The summed E-state index contributed by atoms with van der Waals surface area (Å²) in [5, 5.41) is 0. The Morgan fingerprint density at radius 1 is 0.0709 bits per heavy atom. The molecule has 20 aromatic rings. The summed E-state index contributed by atoms with van der Waals surface area (Å²) in [6.07, 6.45) is 0. The lowest BCUT2D eigenvalue weighted by Gasteiger charge is -2.11. The second-order valence-corrected chi connectivity index (χ2v) is 32.1. The fraction of sp³-hybridized carbons (Fsp3) is 0.0551. The molecular weight excluding hydrogens is 1530 g/mol. The molecule has 0 nitrogen and oxygen atoms in total. The molecule has 0 saturated carbocycles. The first-order valence-electron chi connectivity index (χ1n) is 43.8. The SMILES string of the molecule is Cc1cc(-c2cccc(-c3ccccc3)c2)cc(-c2cccc(-c3ccccc3)c2)c1.Cc1cc(-c2ccccc2)cc(-c2ccccc2)c1.Cc1ccc(-c2ccccc2)cc1.Cc1cccc(-c2cccc(-c3cccc(-c4ccccc4)c3)c2)c1.Cc1cccc(-c2cccc(-c3ccccc3)c2)c1.Cc1cccc(-c2ccccc2)c1.Cc1ccccc1. The van der Waals surface area contributed by atoms with Crippen molar-refractivity contribution in [2.45, 2.75) is 48.5 Å². The van der Waals surface area contributed by atoms with Gasteiger partial charge in [0.15, 0.2) is 0 Å². The van der Waals surface area contributed by atoms with Gasteiger partial charge in [0.25, 0.3) is 0 Å². The summed E-state index contributed by atoms with van der Waals surface area (Å²) in [5.41, 5.74) is 41.8. The quantitative estimate of drug-likeness (QED) is 0.108. The molecule has 0 radical (unpaired) electrons. The number of aryl methyl sites for hydroxylation is 7. The highest BCUT2D eigenvalue weighted by Crippen LogP contribution is 2.36. The third kappa shape index (κ3) is 26.2. The molecule has 20 rings (SSSR count). The number of hydrogen-bond donors (Lipinski definition) is 0. The van der Waals surface area contributed by atoms with E-state index in [0.29, 0.717) is 0 Å². The van der Waals surface area contributed by atoms with Crippen LogP contribution in [0.15, 0.2) is 528 Å². The van der Waals surface area contributed by atoms with Crippen LogP contribution in [-0.2, 0) is 0 Å². The Morgan fingerprint density at radius 3 is 0.402 bits per heavy atom. The summed E-state index contributed by atoms with van der Waals surface area (Å²) in [4.78, 5) is 0. The van der Waals surface area contributed by atoms with E-state index in [-0.39, 0.29) is 0 Å². The monoisotopic (exact) mass is 1630 g/mol. The van der Waals surface area contributed by atoms with Crippen LogP contribution >= 0.6 is 0 Å². The van der Waals surface area contributed by atoms with E-state index < -0.39 is 0 Å². The molecule has 0 aliphatic rings. The molecule has 0 aliphatic heterocycles. The largest absolute Gasteiger partial charge is 0.0622 e. The minimum absolute atomic E-state index is 1.24. The number of hydrogen-bond acceptors (Lipinski definition) is 0. The maximum Gasteiger partial charge on any atom is -0.0175 e. The normalized spacial score (nSPS) is 10.3. The highest BCUT2D eigenvalue weighted by molar-refractivity contribution is 5.82. The van der Waals surface area contributed by atoms with Crippen molar-refractivity contribution in [1.29, 1.82) is 0 Å². The second-order valence-electron chi connectivity index (χ2n) is 32.1. The van der Waals surface area contributed by atoms with Crippen molar-refractivity contribution in [2.24, 2.45) is 0 Å². The van der Waals surface area contributed by atoms with E-state index >= 15 is 0 Å². The van der Waals surface area contributed by atoms with Gasteiger partial charge in [-0.2, -0.15) is 0 Å². The first-order chi connectivity index (χ1) is 62.3. The van der Waals surface area contributed by atoms with Crippen LogP contribution in [-0.4, -0.2) is 0 Å². The van der Waals surface area contributed by atoms with Crippen molar-refractivity contribution in [1.82, 2.24) is 0 Å². The maximum atomic E-state index is 2.31. The van der Waals surface area contributed by atoms with Crippen molar-refractivity contribution in [2.75, 3.05) is 0 Å². The van der Waals surface area contributed by atoms with Gasteiger partial charge in [-0.3, -0.25) is 0 Å². The van der Waals surface area contributed by atoms with Gasteiger partial charge in [-0.25, -0.2) is 0 Å². The van der Waals surface area contributed by atoms with Crippen LogP contribution in [0, 0.1) is 48.5 Å². The molecule has 127 heavy (non-hydrogen) atoms. The Morgan fingerprint density at radius 2 is 0.189 bits per heavy atom. The Bertz CT molecular complexity index is 6580. The van der Waals surface area contributed by atoms with Gasteiger partial charge in [-0.1, -0.05) is 513 Å². The summed E-state index contributed by atoms with van der Waals surface area (Å²) in [6, 6.07) is 186. The minimum Gasteiger partial charge on any atom is -0.0622 e. The van der Waals surface area contributed by atoms with Crippen LogP contribution in [0.2, 0.25) is 0 Å². The van der Waals surface area contributed by atoms with E-state index in [1.165, 1.54) is 184 Å². The van der Waals surface area contributed by atoms with Crippen molar-refractivity contribution < 1.29 is 0 Å². The molecule has 0 atom stereocenters. The third-order valence-corrected chi connectivity index (χ3v) is 22.0. The first-order valence-corrected chi connectivity index (χ1v) is 43.8. The van der Waals surface area contributed by atoms with Crippen LogP contribution < -0.4 is 0 Å². The molecule has 20 aromatic carbocycles. The molecule has 0 fully saturated rings. The van der Waals surface area contributed by atoms with Crippen molar-refractivity contribution in [3.63, 3.8) is 0 Å². The van der Waals surface area contributed by atoms with E-state index in [1.54, 1.807) is 0 Å². The van der Waals surface area contributed by atoms with Gasteiger partial charge < -0.3 is 0 Å². The van der Waals surface area contributed by atoms with Gasteiger partial charge in [0.2, 0.25) is 0 Å². The molecule has 0 heterocycles. The number of benzene rings is 20. The van der Waals surface area contributed by atoms with Gasteiger partial charge in [0.1, 0.15) is 0 Å². The summed E-state index contributed by atoms with van der Waals surface area (Å²) < 4.78 is 0. The molecular formula is C127H108. The third-order valence-electron chi connectivity index (χ3n) is 22.0. The highest BCUT2D eigenvalue weighted by atomic mass is 14.2. The van der Waals surface area contributed by atoms with Gasteiger partial charge >= 0.3 is 0 Å². The second kappa shape index (κ2) is 45.5. The van der Waals surface area contributed by atoms with Crippen LogP contribution in [0.5, 0.6) is 0 Å². The smallest absolute Gasteiger partial charge is 0.0175 e. The standard InChI is InChI=1S/C31H24.C25H20.2C19H16.2C13H12.C7H8/c1-23-18-30(28-16-8-14-26(20-28)24-10-4-2-5-11-24)22-31(19-23)29-17-9-15-27(21-29)25-12-6-3-7-13-25;1-19-8-5-11-21(16-19)23-13-7-15-25(18-23)24-14-6-12-22(17-24)20-9-3-2-4-10-20;1-15-12-18(16-8-4-2-5-9-16)14-19(13-15)17-10-6-3-7-11-17;1-15-7-5-10-17(13-15)19-12-6-11-18(14-19)16-8-3-2-4-9-16;1-11-6-5-9-13(10-11)12-7-3-2-4-8-12;1-11-7-9-13(10-8-11)12-5-3-2-4-6-12;1-7-5-3-2-4-6-7/h2-22H,1H3;2-18H,1H3;2*2-14H,1H3;2*2-10H,1H3;2-6H,1H3. The Kier molecular flexibility index (Phi) is 31.4. The zero-order chi connectivity index (χ0) is 87.6. The Balaban J connectivity index is 0.000000124. The Labute approximate surface area is 754 Å².